The Morgan fingerprint density at radius 1 is 1.13 bits per heavy atom. The van der Waals surface area contributed by atoms with Gasteiger partial charge < -0.3 is 14.0 Å². The molecule has 0 radical (unpaired) electrons. The molecule has 0 amide bonds. The fraction of sp³-hybridized carbons (Fsp3) is 0.368. The second-order valence-electron chi connectivity index (χ2n) is 6.49. The van der Waals surface area contributed by atoms with Crippen molar-refractivity contribution in [3.63, 3.8) is 0 Å². The molecule has 30 heavy (non-hydrogen) atoms. The van der Waals surface area contributed by atoms with Gasteiger partial charge in [0.05, 0.1) is 34.6 Å². The summed E-state index contributed by atoms with van der Waals surface area (Å²) in [5, 5.41) is 12.2. The van der Waals surface area contributed by atoms with Crippen LogP contribution in [0.1, 0.15) is 33.0 Å². The lowest BCUT2D eigenvalue weighted by atomic mass is 10.1. The van der Waals surface area contributed by atoms with Crippen molar-refractivity contribution in [1.82, 2.24) is 9.55 Å². The Bertz CT molecular complexity index is 1270. The summed E-state index contributed by atoms with van der Waals surface area (Å²) < 4.78 is 25.5. The topological polar surface area (TPSA) is 134 Å². The van der Waals surface area contributed by atoms with E-state index in [4.69, 9.17) is 9.05 Å². The van der Waals surface area contributed by atoms with Crippen LogP contribution in [0, 0.1) is 10.1 Å². The van der Waals surface area contributed by atoms with Crippen LogP contribution in [-0.2, 0) is 13.6 Å². The highest BCUT2D eigenvalue weighted by atomic mass is 31.2. The number of hydrogen-bond donors (Lipinski definition) is 1. The number of fused-ring (bicyclic) bond motifs is 3. The second-order valence-corrected chi connectivity index (χ2v) is 8.68. The highest BCUT2D eigenvalue weighted by Crippen LogP contribution is 2.60. The van der Waals surface area contributed by atoms with Gasteiger partial charge in [-0.05, 0) is 26.3 Å². The molecule has 0 bridgehead atoms. The zero-order valence-corrected chi connectivity index (χ0v) is 17.7. The van der Waals surface area contributed by atoms with Gasteiger partial charge in [-0.25, -0.2) is 0 Å². The number of aromatic nitrogens is 2. The maximum absolute atomic E-state index is 13.5. The van der Waals surface area contributed by atoms with Gasteiger partial charge in [0.2, 0.25) is 0 Å². The lowest BCUT2D eigenvalue weighted by molar-refractivity contribution is -0.382. The van der Waals surface area contributed by atoms with Crippen LogP contribution in [-0.4, -0.2) is 27.7 Å². The molecular formula is C19H22N3O7P. The van der Waals surface area contributed by atoms with Crippen LogP contribution in [0.4, 0.5) is 5.69 Å². The number of rotatable bonds is 8. The number of nitrogens with one attached hydrogen (secondary N) is 1. The van der Waals surface area contributed by atoms with E-state index in [9.17, 15) is 24.3 Å². The van der Waals surface area contributed by atoms with E-state index in [1.807, 2.05) is 0 Å². The fourth-order valence-electron chi connectivity index (χ4n) is 3.63. The summed E-state index contributed by atoms with van der Waals surface area (Å²) in [5.74, 6) is -1.08. The molecule has 10 nitrogen and oxygen atoms in total. The van der Waals surface area contributed by atoms with Gasteiger partial charge >= 0.3 is 18.7 Å². The fourth-order valence-corrected chi connectivity index (χ4v) is 5.72. The highest BCUT2D eigenvalue weighted by molar-refractivity contribution is 7.54. The van der Waals surface area contributed by atoms with Crippen molar-refractivity contribution in [3.8, 4) is 0 Å². The molecule has 160 valence electrons. The van der Waals surface area contributed by atoms with E-state index >= 15 is 0 Å². The molecule has 1 atom stereocenters. The number of non-ortho nitro benzene ring substituents is 1. The minimum absolute atomic E-state index is 0.0792. The van der Waals surface area contributed by atoms with Crippen LogP contribution in [0.3, 0.4) is 0 Å². The van der Waals surface area contributed by atoms with E-state index in [1.54, 1.807) is 45.0 Å². The van der Waals surface area contributed by atoms with Crippen molar-refractivity contribution in [2.45, 2.75) is 33.0 Å². The second kappa shape index (κ2) is 8.51. The molecule has 1 heterocycles. The summed E-state index contributed by atoms with van der Waals surface area (Å²) >= 11 is 0. The van der Waals surface area contributed by atoms with E-state index in [1.165, 1.54) is 6.07 Å². The molecule has 11 heteroatoms. The SMILES string of the molecule is CCOP(=O)(OCC)C(CC)n1c(=O)c(=O)[nH]c2cc([N+](=O)[O-])c3ccccc3c21. The molecule has 0 aliphatic heterocycles. The largest absolute Gasteiger partial charge is 0.353 e. The normalized spacial score (nSPS) is 13.0. The summed E-state index contributed by atoms with van der Waals surface area (Å²) in [4.78, 5) is 38.8. The molecule has 0 saturated heterocycles. The number of hydrogen-bond acceptors (Lipinski definition) is 7. The average molecular weight is 435 g/mol. The summed E-state index contributed by atoms with van der Waals surface area (Å²) in [6.45, 7) is 5.15. The number of H-pyrrole nitrogens is 1. The third kappa shape index (κ3) is 3.58. The first-order valence-electron chi connectivity index (χ1n) is 9.52. The molecule has 2 aromatic carbocycles. The van der Waals surface area contributed by atoms with E-state index in [0.29, 0.717) is 5.39 Å². The molecule has 1 aromatic heterocycles. The van der Waals surface area contributed by atoms with Crippen molar-refractivity contribution in [2.75, 3.05) is 13.2 Å². The van der Waals surface area contributed by atoms with Crippen LogP contribution in [0.2, 0.25) is 0 Å². The molecule has 0 fully saturated rings. The van der Waals surface area contributed by atoms with Gasteiger partial charge in [0.25, 0.3) is 5.69 Å². The molecule has 1 unspecified atom stereocenters. The average Bonchev–Trinajstić information content (AvgIpc) is 2.70. The molecule has 1 N–H and O–H groups in total. The zero-order chi connectivity index (χ0) is 22.1. The summed E-state index contributed by atoms with van der Waals surface area (Å²) in [5.41, 5.74) is -1.82. The van der Waals surface area contributed by atoms with Crippen LogP contribution in [0.15, 0.2) is 39.9 Å². The molecule has 3 aromatic rings. The van der Waals surface area contributed by atoms with E-state index in [2.05, 4.69) is 4.98 Å². The first-order valence-corrected chi connectivity index (χ1v) is 11.1. The molecule has 0 saturated carbocycles. The highest BCUT2D eigenvalue weighted by Gasteiger charge is 2.38. The summed E-state index contributed by atoms with van der Waals surface area (Å²) in [7, 11) is -3.84. The third-order valence-electron chi connectivity index (χ3n) is 4.74. The van der Waals surface area contributed by atoms with Crippen molar-refractivity contribution >= 4 is 35.1 Å². The van der Waals surface area contributed by atoms with Crippen LogP contribution in [0.5, 0.6) is 0 Å². The van der Waals surface area contributed by atoms with Crippen molar-refractivity contribution in [1.29, 1.82) is 0 Å². The quantitative estimate of drug-likeness (QED) is 0.186. The Hall–Kier alpha value is -2.81. The first-order chi connectivity index (χ1) is 14.3. The standard InChI is InChI=1S/C19H22N3O7P/c1-4-16(30(27,28-5-2)29-6-3)21-17-13-10-8-7-9-12(13)15(22(25)26)11-14(17)20-18(23)19(21)24/h7-11,16H,4-6H2,1-3H3,(H,20,23). The lowest BCUT2D eigenvalue weighted by Crippen LogP contribution is -2.38. The Kier molecular flexibility index (Phi) is 6.21. The minimum Gasteiger partial charge on any atom is -0.316 e. The molecule has 0 aliphatic carbocycles. The van der Waals surface area contributed by atoms with Gasteiger partial charge in [-0.15, -0.1) is 0 Å². The first kappa shape index (κ1) is 21.9. The Morgan fingerprint density at radius 3 is 2.27 bits per heavy atom. The van der Waals surface area contributed by atoms with Crippen LogP contribution in [0.25, 0.3) is 21.8 Å². The maximum Gasteiger partial charge on any atom is 0.353 e. The summed E-state index contributed by atoms with van der Waals surface area (Å²) in [6.07, 6.45) is 0.168. The molecule has 0 aliphatic rings. The minimum atomic E-state index is -3.84. The van der Waals surface area contributed by atoms with Gasteiger partial charge in [0.15, 0.2) is 0 Å². The smallest absolute Gasteiger partial charge is 0.316 e. The van der Waals surface area contributed by atoms with E-state index in [0.717, 1.165) is 4.57 Å². The number of nitrogens with zero attached hydrogens (tertiary/aromatic N) is 2. The Labute approximate surface area is 171 Å². The number of benzene rings is 2. The number of nitro groups is 1. The summed E-state index contributed by atoms with van der Waals surface area (Å²) in [6, 6.07) is 7.67. The number of nitro benzene ring substituents is 1. The maximum atomic E-state index is 13.5. The molecular weight excluding hydrogens is 413 g/mol. The Balaban J connectivity index is 2.53. The monoisotopic (exact) mass is 435 g/mol. The van der Waals surface area contributed by atoms with Gasteiger partial charge in [-0.2, -0.15) is 0 Å². The molecule has 0 spiro atoms. The Morgan fingerprint density at radius 2 is 1.73 bits per heavy atom. The van der Waals surface area contributed by atoms with Crippen LogP contribution >= 0.6 is 7.60 Å². The zero-order valence-electron chi connectivity index (χ0n) is 16.8. The van der Waals surface area contributed by atoms with Crippen molar-refractivity contribution in [3.05, 3.63) is 61.2 Å². The number of aromatic amines is 1. The van der Waals surface area contributed by atoms with Crippen molar-refractivity contribution in [2.24, 2.45) is 0 Å². The van der Waals surface area contributed by atoms with E-state index < -0.39 is 29.4 Å². The third-order valence-corrected chi connectivity index (χ3v) is 7.30. The van der Waals surface area contributed by atoms with Crippen molar-refractivity contribution < 1.29 is 18.5 Å². The molecule has 3 rings (SSSR count). The predicted molar refractivity (Wildman–Crippen MR) is 113 cm³/mol. The van der Waals surface area contributed by atoms with E-state index in [-0.39, 0.29) is 41.7 Å². The lowest BCUT2D eigenvalue weighted by Gasteiger charge is -2.28. The van der Waals surface area contributed by atoms with Gasteiger partial charge in [-0.1, -0.05) is 25.1 Å². The van der Waals surface area contributed by atoms with Crippen LogP contribution < -0.4 is 11.1 Å². The predicted octanol–water partition coefficient (Wildman–Crippen LogP) is 3.93. The van der Waals surface area contributed by atoms with Gasteiger partial charge in [0.1, 0.15) is 5.78 Å². The van der Waals surface area contributed by atoms with Gasteiger partial charge in [0, 0.05) is 11.5 Å². The van der Waals surface area contributed by atoms with Gasteiger partial charge in [-0.3, -0.25) is 28.8 Å².